The highest BCUT2D eigenvalue weighted by Crippen LogP contribution is 2.68. The van der Waals surface area contributed by atoms with E-state index in [9.17, 15) is 32.3 Å². The topological polar surface area (TPSA) is 96.0 Å². The number of hydrogen-bond donors (Lipinski definition) is 0. The zero-order valence-electron chi connectivity index (χ0n) is 21.3. The molecule has 3 aliphatic rings. The molecule has 0 radical (unpaired) electrons. The first kappa shape index (κ1) is 31.0. The number of carbonyl (C=O) groups is 4. The first-order chi connectivity index (χ1) is 17.3. The van der Waals surface area contributed by atoms with E-state index in [1.54, 1.807) is 20.8 Å². The van der Waals surface area contributed by atoms with Crippen molar-refractivity contribution in [2.75, 3.05) is 0 Å². The van der Waals surface area contributed by atoms with Crippen LogP contribution in [-0.4, -0.2) is 52.5 Å². The van der Waals surface area contributed by atoms with Crippen LogP contribution in [0.25, 0.3) is 0 Å². The zero-order chi connectivity index (χ0) is 29.0. The molecule has 3 fully saturated rings. The average Bonchev–Trinajstić information content (AvgIpc) is 3.10. The molecule has 13 heteroatoms. The number of carbonyl (C=O) groups excluding carboxylic acids is 4. The minimum atomic E-state index is -5.28. The smallest absolute Gasteiger partial charge is 0.454 e. The van der Waals surface area contributed by atoms with Gasteiger partial charge in [0.2, 0.25) is 4.84 Å². The quantitative estimate of drug-likeness (QED) is 0.122. The van der Waals surface area contributed by atoms with Gasteiger partial charge >= 0.3 is 23.5 Å². The van der Waals surface area contributed by atoms with Gasteiger partial charge in [0.15, 0.2) is 11.9 Å². The molecule has 7 nitrogen and oxygen atoms in total. The molecule has 38 heavy (non-hydrogen) atoms. The highest BCUT2D eigenvalue weighted by atomic mass is 35.5. The largest absolute Gasteiger partial charge is 0.490 e. The van der Waals surface area contributed by atoms with Crippen LogP contribution in [0.5, 0.6) is 0 Å². The number of esters is 2. The normalized spacial score (nSPS) is 41.0. The maximum absolute atomic E-state index is 14.0. The van der Waals surface area contributed by atoms with Crippen LogP contribution in [0.4, 0.5) is 18.0 Å². The van der Waals surface area contributed by atoms with Crippen molar-refractivity contribution in [3.8, 4) is 0 Å². The Labute approximate surface area is 233 Å². The Morgan fingerprint density at radius 2 is 1.71 bits per heavy atom. The Morgan fingerprint density at radius 1 is 1.11 bits per heavy atom. The molecule has 2 unspecified atom stereocenters. The Hall–Kier alpha value is -1.52. The van der Waals surface area contributed by atoms with E-state index < -0.39 is 80.6 Å². The van der Waals surface area contributed by atoms with Gasteiger partial charge in [-0.15, -0.1) is 6.58 Å². The SMILES string of the molecule is C=C[C@]1(C)C[C@@H](OC(=O)Cl)[C@]2(C)C(C)CC[C@]3(C[C@H](OC(=O)C(Cl)Cl)C(=O)C32)[C@@H](C)[C@@H]1OC(=O)C(F)(F)F. The van der Waals surface area contributed by atoms with Gasteiger partial charge in [-0.25, -0.2) is 14.4 Å². The third-order valence-corrected chi connectivity index (χ3v) is 9.85. The predicted molar refractivity (Wildman–Crippen MR) is 132 cm³/mol. The van der Waals surface area contributed by atoms with E-state index in [4.69, 9.17) is 49.0 Å². The maximum Gasteiger partial charge on any atom is 0.490 e. The van der Waals surface area contributed by atoms with E-state index in [0.29, 0.717) is 12.8 Å². The summed E-state index contributed by atoms with van der Waals surface area (Å²) in [5, 5.41) is 0. The second-order valence-electron chi connectivity index (χ2n) is 11.2. The summed E-state index contributed by atoms with van der Waals surface area (Å²) in [6, 6.07) is 0. The molecule has 0 aliphatic heterocycles. The molecule has 3 aliphatic carbocycles. The zero-order valence-corrected chi connectivity index (χ0v) is 23.5. The average molecular weight is 606 g/mol. The van der Waals surface area contributed by atoms with Gasteiger partial charge in [0, 0.05) is 34.3 Å². The summed E-state index contributed by atoms with van der Waals surface area (Å²) in [6.07, 6.45) is -7.09. The first-order valence-corrected chi connectivity index (χ1v) is 13.4. The van der Waals surface area contributed by atoms with Crippen LogP contribution in [0.3, 0.4) is 0 Å². The number of ether oxygens (including phenoxy) is 3. The molecule has 9 atom stereocenters. The number of halogens is 6. The highest BCUT2D eigenvalue weighted by Gasteiger charge is 2.72. The Balaban J connectivity index is 2.26. The third-order valence-electron chi connectivity index (χ3n) is 9.40. The summed E-state index contributed by atoms with van der Waals surface area (Å²) in [7, 11) is 0. The van der Waals surface area contributed by atoms with Crippen molar-refractivity contribution in [1.82, 2.24) is 0 Å². The van der Waals surface area contributed by atoms with Gasteiger partial charge in [-0.05, 0) is 37.0 Å². The monoisotopic (exact) mass is 604 g/mol. The summed E-state index contributed by atoms with van der Waals surface area (Å²) < 4.78 is 56.2. The summed E-state index contributed by atoms with van der Waals surface area (Å²) in [4.78, 5) is 48.8. The molecule has 0 saturated heterocycles. The minimum absolute atomic E-state index is 0.0684. The van der Waals surface area contributed by atoms with Crippen LogP contribution in [0.15, 0.2) is 12.7 Å². The molecule has 0 aromatic carbocycles. The maximum atomic E-state index is 14.0. The molecule has 0 N–H and O–H groups in total. The molecule has 214 valence electrons. The molecule has 0 amide bonds. The van der Waals surface area contributed by atoms with Gasteiger partial charge in [0.05, 0.1) is 0 Å². The number of hydrogen-bond acceptors (Lipinski definition) is 7. The summed E-state index contributed by atoms with van der Waals surface area (Å²) in [5.41, 5.74) is -4.66. The van der Waals surface area contributed by atoms with Crippen molar-refractivity contribution >= 4 is 58.0 Å². The molecule has 3 rings (SSSR count). The van der Waals surface area contributed by atoms with Gasteiger partial charge in [-0.3, -0.25) is 4.79 Å². The summed E-state index contributed by atoms with van der Waals surface area (Å²) in [6.45, 7) is 10.6. The van der Waals surface area contributed by atoms with E-state index in [1.165, 1.54) is 6.08 Å². The second kappa shape index (κ2) is 10.5. The minimum Gasteiger partial charge on any atom is -0.454 e. The molecular weight excluding hydrogens is 576 g/mol. The van der Waals surface area contributed by atoms with Crippen LogP contribution >= 0.6 is 34.8 Å². The van der Waals surface area contributed by atoms with E-state index in [1.807, 2.05) is 6.92 Å². The molecule has 3 saturated carbocycles. The van der Waals surface area contributed by atoms with Crippen molar-refractivity contribution in [2.24, 2.45) is 34.0 Å². The van der Waals surface area contributed by atoms with Crippen LogP contribution in [-0.2, 0) is 28.6 Å². The number of ketones is 1. The molecule has 0 spiro atoms. The standard InChI is InChI=1S/C25H30Cl3F3O7/c1-6-22(4)10-14(37-21(28)35)23(5)11(2)7-8-24(12(3)17(22)38-20(34)25(29,30)31)9-13(15(32)16(23)24)36-19(33)18(26)27/h6,11-14,16-18H,1,7-10H2,2-5H3/t11?,12-,13-,14+,16?,17-,22+,23-,24-/m0/s1. The van der Waals surface area contributed by atoms with Crippen molar-refractivity contribution < 1.29 is 46.6 Å². The van der Waals surface area contributed by atoms with Gasteiger partial charge in [-0.2, -0.15) is 13.2 Å². The fourth-order valence-corrected chi connectivity index (χ4v) is 7.47. The molecule has 0 aromatic heterocycles. The van der Waals surface area contributed by atoms with E-state index in [2.05, 4.69) is 6.58 Å². The molecule has 2 bridgehead atoms. The number of rotatable bonds is 5. The molecule has 0 heterocycles. The van der Waals surface area contributed by atoms with Crippen molar-refractivity contribution in [3.63, 3.8) is 0 Å². The Bertz CT molecular complexity index is 1020. The fourth-order valence-electron chi connectivity index (χ4n) is 7.26. The van der Waals surface area contributed by atoms with Gasteiger partial charge in [0.1, 0.15) is 12.2 Å². The summed E-state index contributed by atoms with van der Waals surface area (Å²) >= 11 is 16.9. The van der Waals surface area contributed by atoms with E-state index >= 15 is 0 Å². The number of alkyl halides is 5. The first-order valence-electron chi connectivity index (χ1n) is 12.1. The van der Waals surface area contributed by atoms with E-state index in [-0.39, 0.29) is 18.8 Å². The lowest BCUT2D eigenvalue weighted by atomic mass is 9.44. The predicted octanol–water partition coefficient (Wildman–Crippen LogP) is 6.16. The lowest BCUT2D eigenvalue weighted by Gasteiger charge is -2.61. The van der Waals surface area contributed by atoms with Gasteiger partial charge < -0.3 is 14.2 Å². The highest BCUT2D eigenvalue weighted by molar-refractivity contribution is 6.61. The fraction of sp³-hybridized carbons (Fsp3) is 0.760. The Morgan fingerprint density at radius 3 is 2.21 bits per heavy atom. The lowest BCUT2D eigenvalue weighted by molar-refractivity contribution is -0.229. The third kappa shape index (κ3) is 5.05. The van der Waals surface area contributed by atoms with Crippen LogP contribution in [0.1, 0.15) is 53.4 Å². The number of Topliss-reactive ketones (excluding diaryl/α,β-unsaturated/α-hetero) is 1. The molecular formula is C25H30Cl3F3O7. The van der Waals surface area contributed by atoms with Crippen molar-refractivity contribution in [2.45, 2.75) is 82.7 Å². The lowest BCUT2D eigenvalue weighted by Crippen LogP contribution is -2.63. The van der Waals surface area contributed by atoms with Crippen LogP contribution < -0.4 is 0 Å². The van der Waals surface area contributed by atoms with Crippen molar-refractivity contribution in [3.05, 3.63) is 12.7 Å². The van der Waals surface area contributed by atoms with E-state index in [0.717, 1.165) is 0 Å². The Kier molecular flexibility index (Phi) is 8.54. The summed E-state index contributed by atoms with van der Waals surface area (Å²) in [5.74, 6) is -5.93. The van der Waals surface area contributed by atoms with Crippen molar-refractivity contribution in [1.29, 1.82) is 0 Å². The van der Waals surface area contributed by atoms with Gasteiger partial charge in [0.25, 0.3) is 0 Å². The second-order valence-corrected chi connectivity index (χ2v) is 12.6. The molecule has 0 aromatic rings. The van der Waals surface area contributed by atoms with Crippen LogP contribution in [0, 0.1) is 34.0 Å². The van der Waals surface area contributed by atoms with Gasteiger partial charge in [-0.1, -0.05) is 57.0 Å². The van der Waals surface area contributed by atoms with Crippen LogP contribution in [0.2, 0.25) is 0 Å².